The van der Waals surface area contributed by atoms with E-state index in [1.54, 1.807) is 0 Å². The zero-order chi connectivity index (χ0) is 17.8. The molecule has 0 radical (unpaired) electrons. The first kappa shape index (κ1) is 22.3. The number of nitrogens with zero attached hydrogens (tertiary/aromatic N) is 1. The van der Waals surface area contributed by atoms with Gasteiger partial charge in [-0.05, 0) is 43.6 Å². The largest absolute Gasteiger partial charge is 0.381 e. The second-order valence-electron chi connectivity index (χ2n) is 7.04. The van der Waals surface area contributed by atoms with Gasteiger partial charge in [0.15, 0.2) is 5.96 Å². The molecule has 26 heavy (non-hydrogen) atoms. The molecule has 0 atom stereocenters. The molecule has 1 aliphatic heterocycles. The summed E-state index contributed by atoms with van der Waals surface area (Å²) in [6.07, 6.45) is 6.85. The lowest BCUT2D eigenvalue weighted by molar-refractivity contribution is 0.0783. The van der Waals surface area contributed by atoms with Crippen LogP contribution in [0.2, 0.25) is 0 Å². The average molecular weight is 554 g/mol. The van der Waals surface area contributed by atoms with Crippen molar-refractivity contribution >= 4 is 57.6 Å². The number of aliphatic imine (C=N–C) groups is 1. The number of hydrogen-bond acceptors (Lipinski definition) is 3. The lowest BCUT2D eigenvalue weighted by Crippen LogP contribution is -2.49. The van der Waals surface area contributed by atoms with E-state index in [9.17, 15) is 0 Å². The van der Waals surface area contributed by atoms with Crippen molar-refractivity contribution < 1.29 is 4.74 Å². The predicted molar refractivity (Wildman–Crippen MR) is 126 cm³/mol. The van der Waals surface area contributed by atoms with Gasteiger partial charge in [-0.15, -0.1) is 24.0 Å². The first-order chi connectivity index (χ1) is 12.1. The van der Waals surface area contributed by atoms with Crippen LogP contribution < -0.4 is 10.6 Å². The quantitative estimate of drug-likeness (QED) is 0.315. The zero-order valence-electron chi connectivity index (χ0n) is 15.5. The van der Waals surface area contributed by atoms with Crippen LogP contribution >= 0.6 is 51.7 Å². The summed E-state index contributed by atoms with van der Waals surface area (Å²) < 4.78 is 7.00. The fraction of sp³-hybridized carbons (Fsp3) is 0.632. The molecule has 2 N–H and O–H groups in total. The van der Waals surface area contributed by atoms with Crippen LogP contribution in [0, 0.1) is 0 Å². The minimum Gasteiger partial charge on any atom is -0.381 e. The third kappa shape index (κ3) is 5.29. The van der Waals surface area contributed by atoms with Crippen molar-refractivity contribution in [2.45, 2.75) is 35.8 Å². The van der Waals surface area contributed by atoms with Gasteiger partial charge in [-0.25, -0.2) is 0 Å². The van der Waals surface area contributed by atoms with Gasteiger partial charge in [0.25, 0.3) is 0 Å². The molecule has 0 amide bonds. The second kappa shape index (κ2) is 9.98. The lowest BCUT2D eigenvalue weighted by Gasteiger charge is -2.36. The molecule has 1 aromatic carbocycles. The Labute approximate surface area is 186 Å². The Morgan fingerprint density at radius 1 is 1.15 bits per heavy atom. The lowest BCUT2D eigenvalue weighted by atomic mass is 9.96. The summed E-state index contributed by atoms with van der Waals surface area (Å²) in [5.74, 6) is 0.901. The third-order valence-corrected chi connectivity index (χ3v) is 7.64. The van der Waals surface area contributed by atoms with Crippen molar-refractivity contribution in [2.75, 3.05) is 39.6 Å². The van der Waals surface area contributed by atoms with E-state index in [1.807, 2.05) is 18.8 Å². The van der Waals surface area contributed by atoms with Crippen LogP contribution in [0.1, 0.15) is 31.2 Å². The van der Waals surface area contributed by atoms with E-state index in [2.05, 4.69) is 62.1 Å². The van der Waals surface area contributed by atoms with Crippen LogP contribution in [0.4, 0.5) is 0 Å². The van der Waals surface area contributed by atoms with E-state index >= 15 is 0 Å². The van der Waals surface area contributed by atoms with Gasteiger partial charge < -0.3 is 15.4 Å². The number of thioether (sulfide) groups is 1. The molecule has 3 rings (SSSR count). The highest BCUT2D eigenvalue weighted by Gasteiger charge is 2.45. The van der Waals surface area contributed by atoms with Crippen LogP contribution in [0.3, 0.4) is 0 Å². The number of nitrogens with one attached hydrogen (secondary N) is 2. The smallest absolute Gasteiger partial charge is 0.191 e. The normalized spacial score (nSPS) is 20.8. The fourth-order valence-corrected chi connectivity index (χ4v) is 5.00. The summed E-state index contributed by atoms with van der Waals surface area (Å²) in [7, 11) is 1.85. The number of benzene rings is 1. The minimum absolute atomic E-state index is 0. The molecule has 7 heteroatoms. The molecule has 1 aliphatic carbocycles. The van der Waals surface area contributed by atoms with Gasteiger partial charge in [-0.2, -0.15) is 11.8 Å². The molecule has 0 aromatic heterocycles. The van der Waals surface area contributed by atoms with Crippen molar-refractivity contribution in [3.8, 4) is 0 Å². The number of halogens is 2. The number of guanidine groups is 1. The van der Waals surface area contributed by atoms with Crippen LogP contribution in [0.15, 0.2) is 33.7 Å². The summed E-state index contributed by atoms with van der Waals surface area (Å²) in [5.41, 5.74) is 1.65. The Morgan fingerprint density at radius 3 is 2.38 bits per heavy atom. The Bertz CT molecular complexity index is 619. The standard InChI is InChI=1S/C19H28BrN3OS.HI/c1-21-17(23-14-19(25-2)9-11-24-12-10-19)22-13-18(7-8-18)15-5-3-4-6-16(15)20;/h3-6H,7-14H2,1-2H3,(H2,21,22,23);1H. The molecule has 4 nitrogen and oxygen atoms in total. The van der Waals surface area contributed by atoms with E-state index in [0.717, 1.165) is 45.1 Å². The first-order valence-corrected chi connectivity index (χ1v) is 11.0. The molecule has 1 heterocycles. The molecule has 0 unspecified atom stereocenters. The van der Waals surface area contributed by atoms with Crippen LogP contribution in [0.5, 0.6) is 0 Å². The Hall–Kier alpha value is 0.01000. The second-order valence-corrected chi connectivity index (χ2v) is 9.17. The molecule has 1 saturated carbocycles. The zero-order valence-corrected chi connectivity index (χ0v) is 20.2. The van der Waals surface area contributed by atoms with Crippen LogP contribution in [0.25, 0.3) is 0 Å². The van der Waals surface area contributed by atoms with Crippen molar-refractivity contribution in [2.24, 2.45) is 4.99 Å². The van der Waals surface area contributed by atoms with Crippen molar-refractivity contribution in [1.82, 2.24) is 10.6 Å². The number of rotatable bonds is 6. The molecule has 2 fully saturated rings. The van der Waals surface area contributed by atoms with Crippen molar-refractivity contribution in [3.63, 3.8) is 0 Å². The molecular formula is C19H29BrIN3OS. The molecule has 1 aromatic rings. The van der Waals surface area contributed by atoms with Gasteiger partial charge in [-0.3, -0.25) is 4.99 Å². The molecule has 146 valence electrons. The fourth-order valence-electron chi connectivity index (χ4n) is 3.50. The summed E-state index contributed by atoms with van der Waals surface area (Å²) in [6.45, 7) is 3.57. The average Bonchev–Trinajstić information content (AvgIpc) is 3.44. The van der Waals surface area contributed by atoms with E-state index < -0.39 is 0 Å². The van der Waals surface area contributed by atoms with Gasteiger partial charge >= 0.3 is 0 Å². The van der Waals surface area contributed by atoms with E-state index in [1.165, 1.54) is 22.9 Å². The Balaban J connectivity index is 0.00000243. The highest BCUT2D eigenvalue weighted by Crippen LogP contribution is 2.49. The number of ether oxygens (including phenoxy) is 1. The van der Waals surface area contributed by atoms with E-state index in [4.69, 9.17) is 4.74 Å². The van der Waals surface area contributed by atoms with Gasteiger partial charge in [0.1, 0.15) is 0 Å². The summed E-state index contributed by atoms with van der Waals surface area (Å²) >= 11 is 5.66. The number of hydrogen-bond donors (Lipinski definition) is 2. The molecule has 0 bridgehead atoms. The Morgan fingerprint density at radius 2 is 1.81 bits per heavy atom. The third-order valence-electron chi connectivity index (χ3n) is 5.53. The highest BCUT2D eigenvalue weighted by atomic mass is 127. The maximum Gasteiger partial charge on any atom is 0.191 e. The summed E-state index contributed by atoms with van der Waals surface area (Å²) in [4.78, 5) is 4.43. The molecule has 1 saturated heterocycles. The van der Waals surface area contributed by atoms with Crippen LogP contribution in [-0.2, 0) is 10.2 Å². The maximum absolute atomic E-state index is 5.53. The predicted octanol–water partition coefficient (Wildman–Crippen LogP) is 4.18. The maximum atomic E-state index is 5.53. The van der Waals surface area contributed by atoms with Gasteiger partial charge in [0.05, 0.1) is 0 Å². The summed E-state index contributed by atoms with van der Waals surface area (Å²) in [6, 6.07) is 8.57. The van der Waals surface area contributed by atoms with Crippen molar-refractivity contribution in [1.29, 1.82) is 0 Å². The molecule has 0 spiro atoms. The van der Waals surface area contributed by atoms with E-state index in [-0.39, 0.29) is 34.1 Å². The van der Waals surface area contributed by atoms with Gasteiger partial charge in [0.2, 0.25) is 0 Å². The Kier molecular flexibility index (Phi) is 8.56. The van der Waals surface area contributed by atoms with Crippen LogP contribution in [-0.4, -0.2) is 50.3 Å². The molecular weight excluding hydrogens is 525 g/mol. The highest BCUT2D eigenvalue weighted by molar-refractivity contribution is 14.0. The van der Waals surface area contributed by atoms with Gasteiger partial charge in [0, 0.05) is 48.0 Å². The SMILES string of the molecule is CN=C(NCC1(SC)CCOCC1)NCC1(c2ccccc2Br)CC1.I. The first-order valence-electron chi connectivity index (χ1n) is 8.96. The monoisotopic (exact) mass is 553 g/mol. The topological polar surface area (TPSA) is 45.7 Å². The van der Waals surface area contributed by atoms with E-state index in [0.29, 0.717) is 0 Å². The molecule has 2 aliphatic rings. The summed E-state index contributed by atoms with van der Waals surface area (Å²) in [5, 5.41) is 7.10. The van der Waals surface area contributed by atoms with Gasteiger partial charge in [-0.1, -0.05) is 34.1 Å². The van der Waals surface area contributed by atoms with Crippen molar-refractivity contribution in [3.05, 3.63) is 34.3 Å². The minimum atomic E-state index is 0.